The minimum Gasteiger partial charge on any atom is -0.294 e. The van der Waals surface area contributed by atoms with Gasteiger partial charge in [0.25, 0.3) is 0 Å². The number of fused-ring (bicyclic) bond motifs is 6. The first-order chi connectivity index (χ1) is 14.9. The van der Waals surface area contributed by atoms with Crippen molar-refractivity contribution in [1.82, 2.24) is 9.55 Å². The van der Waals surface area contributed by atoms with Crippen molar-refractivity contribution in [3.8, 4) is 5.82 Å². The van der Waals surface area contributed by atoms with Crippen LogP contribution in [0.25, 0.3) is 47.8 Å². The maximum atomic E-state index is 4.80. The van der Waals surface area contributed by atoms with Gasteiger partial charge in [0.05, 0.1) is 11.0 Å². The molecule has 0 spiro atoms. The van der Waals surface area contributed by atoms with Crippen molar-refractivity contribution in [3.63, 3.8) is 0 Å². The number of hydrogen-bond acceptors (Lipinski definition) is 2. The molecule has 0 N–H and O–H groups in total. The third-order valence-electron chi connectivity index (χ3n) is 6.07. The Morgan fingerprint density at radius 1 is 0.774 bits per heavy atom. The molecule has 0 unspecified atom stereocenters. The summed E-state index contributed by atoms with van der Waals surface area (Å²) in [5.41, 5.74) is 3.72. The molecular formula is C27H21BrN2S. The molecule has 0 fully saturated rings. The van der Waals surface area contributed by atoms with Crippen LogP contribution in [0.2, 0.25) is 0 Å². The molecular weight excluding hydrogens is 464 g/mol. The summed E-state index contributed by atoms with van der Waals surface area (Å²) in [6.07, 6.45) is 1.93. The molecule has 0 aliphatic rings. The Morgan fingerprint density at radius 3 is 2.42 bits per heavy atom. The second kappa shape index (κ2) is 6.65. The van der Waals surface area contributed by atoms with Gasteiger partial charge in [-0.15, -0.1) is 11.3 Å². The summed E-state index contributed by atoms with van der Waals surface area (Å²) in [6, 6.07) is 24.3. The van der Waals surface area contributed by atoms with Crippen LogP contribution in [0, 0.1) is 0 Å². The minimum absolute atomic E-state index is 0.0653. The summed E-state index contributed by atoms with van der Waals surface area (Å²) < 4.78 is 6.03. The Balaban J connectivity index is 1.77. The van der Waals surface area contributed by atoms with E-state index in [1.807, 2.05) is 17.5 Å². The van der Waals surface area contributed by atoms with Crippen LogP contribution in [0.3, 0.4) is 0 Å². The number of nitrogens with zero attached hydrogens (tertiary/aromatic N) is 2. The molecule has 0 saturated carbocycles. The average molecular weight is 485 g/mol. The van der Waals surface area contributed by atoms with Crippen molar-refractivity contribution in [2.45, 2.75) is 26.2 Å². The van der Waals surface area contributed by atoms with Gasteiger partial charge in [0.2, 0.25) is 0 Å². The fourth-order valence-electron chi connectivity index (χ4n) is 4.46. The normalized spacial score (nSPS) is 12.5. The van der Waals surface area contributed by atoms with Gasteiger partial charge in [-0.05, 0) is 53.4 Å². The monoisotopic (exact) mass is 484 g/mol. The molecule has 31 heavy (non-hydrogen) atoms. The Bertz CT molecular complexity index is 1630. The van der Waals surface area contributed by atoms with Crippen LogP contribution in [0.1, 0.15) is 26.3 Å². The molecule has 0 amide bonds. The van der Waals surface area contributed by atoms with Gasteiger partial charge in [0, 0.05) is 41.6 Å². The molecule has 0 aliphatic heterocycles. The molecule has 4 heteroatoms. The highest BCUT2D eigenvalue weighted by atomic mass is 79.9. The van der Waals surface area contributed by atoms with Gasteiger partial charge in [-0.25, -0.2) is 4.98 Å². The summed E-state index contributed by atoms with van der Waals surface area (Å²) in [5.74, 6) is 0.964. The van der Waals surface area contributed by atoms with Gasteiger partial charge in [0.1, 0.15) is 5.82 Å². The lowest BCUT2D eigenvalue weighted by molar-refractivity contribution is 0.588. The Labute approximate surface area is 193 Å². The van der Waals surface area contributed by atoms with Gasteiger partial charge in [-0.2, -0.15) is 0 Å². The molecule has 0 radical (unpaired) electrons. The highest BCUT2D eigenvalue weighted by molar-refractivity contribution is 9.10. The zero-order chi connectivity index (χ0) is 21.3. The number of hydrogen-bond donors (Lipinski definition) is 0. The molecule has 0 aliphatic carbocycles. The molecule has 3 aromatic carbocycles. The zero-order valence-electron chi connectivity index (χ0n) is 17.6. The highest BCUT2D eigenvalue weighted by Crippen LogP contribution is 2.41. The molecule has 152 valence electrons. The second-order valence-electron chi connectivity index (χ2n) is 9.11. The molecule has 0 saturated heterocycles. The van der Waals surface area contributed by atoms with Crippen LogP contribution in [-0.4, -0.2) is 9.55 Å². The van der Waals surface area contributed by atoms with Crippen molar-refractivity contribution in [2.75, 3.05) is 0 Å². The van der Waals surface area contributed by atoms with E-state index in [1.165, 1.54) is 47.5 Å². The van der Waals surface area contributed by atoms with E-state index in [9.17, 15) is 0 Å². The summed E-state index contributed by atoms with van der Waals surface area (Å²) >= 11 is 5.54. The summed E-state index contributed by atoms with van der Waals surface area (Å²) in [7, 11) is 0. The van der Waals surface area contributed by atoms with E-state index in [2.05, 4.69) is 108 Å². The van der Waals surface area contributed by atoms with Gasteiger partial charge in [-0.3, -0.25) is 4.57 Å². The minimum atomic E-state index is 0.0653. The van der Waals surface area contributed by atoms with Crippen LogP contribution < -0.4 is 0 Å². The SMILES string of the molecule is CC(C)(C)c1ccnc(-n2c3cc(Br)ccc3c3cc4c(cc32)sc2ccccc24)c1. The first-order valence-electron chi connectivity index (χ1n) is 10.4. The first kappa shape index (κ1) is 19.0. The highest BCUT2D eigenvalue weighted by Gasteiger charge is 2.19. The standard InChI is InChI=1S/C27H21BrN2S/c1-27(2,3)16-10-11-29-26(12-16)30-22-13-17(28)8-9-18(22)20-14-21-19-6-4-5-7-24(19)31-25(21)15-23(20)30/h4-15H,1-3H3. The van der Waals surface area contributed by atoms with Crippen molar-refractivity contribution in [1.29, 1.82) is 0 Å². The van der Waals surface area contributed by atoms with Crippen LogP contribution in [-0.2, 0) is 5.41 Å². The molecule has 6 aromatic rings. The summed E-state index contributed by atoms with van der Waals surface area (Å²) in [5, 5.41) is 5.17. The van der Waals surface area contributed by atoms with Gasteiger partial charge in [-0.1, -0.05) is 61.0 Å². The van der Waals surface area contributed by atoms with Crippen molar-refractivity contribution in [2.24, 2.45) is 0 Å². The first-order valence-corrected chi connectivity index (χ1v) is 12.0. The molecule has 6 rings (SSSR count). The molecule has 2 nitrogen and oxygen atoms in total. The number of aromatic nitrogens is 2. The van der Waals surface area contributed by atoms with Gasteiger partial charge >= 0.3 is 0 Å². The molecule has 0 bridgehead atoms. The van der Waals surface area contributed by atoms with Crippen LogP contribution >= 0.6 is 27.3 Å². The fourth-order valence-corrected chi connectivity index (χ4v) is 5.93. The van der Waals surface area contributed by atoms with Crippen molar-refractivity contribution < 1.29 is 0 Å². The van der Waals surface area contributed by atoms with Crippen LogP contribution in [0.15, 0.2) is 77.4 Å². The zero-order valence-corrected chi connectivity index (χ0v) is 20.0. The third kappa shape index (κ3) is 2.93. The number of benzene rings is 3. The lowest BCUT2D eigenvalue weighted by Crippen LogP contribution is -2.12. The maximum Gasteiger partial charge on any atom is 0.137 e. The predicted octanol–water partition coefficient (Wildman–Crippen LogP) is 8.61. The second-order valence-corrected chi connectivity index (χ2v) is 11.1. The van der Waals surface area contributed by atoms with E-state index >= 15 is 0 Å². The van der Waals surface area contributed by atoms with E-state index < -0.39 is 0 Å². The fraction of sp³-hybridized carbons (Fsp3) is 0.148. The number of pyridine rings is 1. The Hall–Kier alpha value is -2.69. The van der Waals surface area contributed by atoms with Crippen LogP contribution in [0.5, 0.6) is 0 Å². The lowest BCUT2D eigenvalue weighted by atomic mass is 9.88. The van der Waals surface area contributed by atoms with E-state index in [1.54, 1.807) is 0 Å². The Morgan fingerprint density at radius 2 is 1.58 bits per heavy atom. The van der Waals surface area contributed by atoms with E-state index in [0.717, 1.165) is 10.3 Å². The van der Waals surface area contributed by atoms with E-state index in [0.29, 0.717) is 0 Å². The van der Waals surface area contributed by atoms with E-state index in [-0.39, 0.29) is 5.41 Å². The molecule has 3 heterocycles. The topological polar surface area (TPSA) is 17.8 Å². The maximum absolute atomic E-state index is 4.80. The Kier molecular flexibility index (Phi) is 4.08. The van der Waals surface area contributed by atoms with Crippen molar-refractivity contribution >= 4 is 69.2 Å². The average Bonchev–Trinajstić information content (AvgIpc) is 3.26. The third-order valence-corrected chi connectivity index (χ3v) is 7.69. The molecule has 3 aromatic heterocycles. The van der Waals surface area contributed by atoms with Crippen LogP contribution in [0.4, 0.5) is 0 Å². The largest absolute Gasteiger partial charge is 0.294 e. The summed E-state index contributed by atoms with van der Waals surface area (Å²) in [6.45, 7) is 6.74. The lowest BCUT2D eigenvalue weighted by Gasteiger charge is -2.20. The summed E-state index contributed by atoms with van der Waals surface area (Å²) in [4.78, 5) is 4.80. The number of halogens is 1. The van der Waals surface area contributed by atoms with Gasteiger partial charge < -0.3 is 0 Å². The van der Waals surface area contributed by atoms with Gasteiger partial charge in [0.15, 0.2) is 0 Å². The molecule has 0 atom stereocenters. The quantitative estimate of drug-likeness (QED) is 0.228. The number of thiophene rings is 1. The van der Waals surface area contributed by atoms with Crippen molar-refractivity contribution in [3.05, 3.63) is 83.0 Å². The number of rotatable bonds is 1. The smallest absolute Gasteiger partial charge is 0.137 e. The van der Waals surface area contributed by atoms with E-state index in [4.69, 9.17) is 4.98 Å². The predicted molar refractivity (Wildman–Crippen MR) is 138 cm³/mol.